The van der Waals surface area contributed by atoms with Crippen molar-refractivity contribution in [3.63, 3.8) is 0 Å². The number of methoxy groups -OCH3 is 1. The van der Waals surface area contributed by atoms with Gasteiger partial charge in [0.1, 0.15) is 10.6 Å². The molecule has 1 aliphatic rings. The molecule has 2 rings (SSSR count). The number of hydrogen-bond acceptors (Lipinski definition) is 4. The van der Waals surface area contributed by atoms with Gasteiger partial charge in [-0.3, -0.25) is 4.79 Å². The molecule has 0 unspecified atom stereocenters. The van der Waals surface area contributed by atoms with E-state index in [0.717, 1.165) is 24.8 Å². The molecule has 0 radical (unpaired) electrons. The molecular formula is C17H26N2O4S. The highest BCUT2D eigenvalue weighted by Gasteiger charge is 2.30. The number of benzene rings is 1. The number of hydrogen-bond donors (Lipinski definition) is 0. The minimum Gasteiger partial charge on any atom is -0.495 e. The van der Waals surface area contributed by atoms with Crippen LogP contribution in [0.3, 0.4) is 0 Å². The topological polar surface area (TPSA) is 66.9 Å². The van der Waals surface area contributed by atoms with Gasteiger partial charge in [-0.2, -0.15) is 4.31 Å². The Morgan fingerprint density at radius 2 is 1.92 bits per heavy atom. The summed E-state index contributed by atoms with van der Waals surface area (Å²) in [5.41, 5.74) is 0.827. The Hall–Kier alpha value is -1.60. The van der Waals surface area contributed by atoms with Crippen molar-refractivity contribution in [1.29, 1.82) is 0 Å². The molecule has 0 bridgehead atoms. The van der Waals surface area contributed by atoms with Crippen molar-refractivity contribution in [2.45, 2.75) is 38.0 Å². The maximum absolute atomic E-state index is 13.0. The first-order valence-corrected chi connectivity index (χ1v) is 9.76. The Morgan fingerprint density at radius 1 is 1.25 bits per heavy atom. The number of amides is 1. The van der Waals surface area contributed by atoms with Crippen molar-refractivity contribution in [2.24, 2.45) is 0 Å². The predicted molar refractivity (Wildman–Crippen MR) is 92.6 cm³/mol. The van der Waals surface area contributed by atoms with Crippen molar-refractivity contribution in [3.8, 4) is 5.75 Å². The highest BCUT2D eigenvalue weighted by atomic mass is 32.2. The molecule has 1 heterocycles. The first-order valence-electron chi connectivity index (χ1n) is 8.32. The Morgan fingerprint density at radius 3 is 2.50 bits per heavy atom. The minimum absolute atomic E-state index is 0.110. The molecule has 1 saturated heterocycles. The van der Waals surface area contributed by atoms with Gasteiger partial charge in [-0.05, 0) is 43.9 Å². The summed E-state index contributed by atoms with van der Waals surface area (Å²) in [6.07, 6.45) is 3.09. The molecule has 1 aromatic rings. The highest BCUT2D eigenvalue weighted by molar-refractivity contribution is 7.89. The predicted octanol–water partition coefficient (Wildman–Crippen LogP) is 2.03. The van der Waals surface area contributed by atoms with Crippen LogP contribution in [-0.2, 0) is 14.8 Å². The molecule has 1 aliphatic heterocycles. The summed E-state index contributed by atoms with van der Waals surface area (Å²) < 4.78 is 32.4. The average molecular weight is 354 g/mol. The van der Waals surface area contributed by atoms with E-state index >= 15 is 0 Å². The molecule has 1 aromatic carbocycles. The Labute approximate surface area is 144 Å². The van der Waals surface area contributed by atoms with Crippen molar-refractivity contribution in [1.82, 2.24) is 9.21 Å². The number of sulfonamides is 1. The summed E-state index contributed by atoms with van der Waals surface area (Å²) in [5, 5.41) is 0. The zero-order chi connectivity index (χ0) is 17.7. The van der Waals surface area contributed by atoms with Gasteiger partial charge in [0.05, 0.1) is 13.7 Å². The lowest BCUT2D eigenvalue weighted by molar-refractivity contribution is -0.132. The molecule has 24 heavy (non-hydrogen) atoms. The fraction of sp³-hybridized carbons (Fsp3) is 0.588. The summed E-state index contributed by atoms with van der Waals surface area (Å²) in [6.45, 7) is 5.10. The van der Waals surface area contributed by atoms with Gasteiger partial charge in [0, 0.05) is 19.6 Å². The van der Waals surface area contributed by atoms with E-state index in [1.54, 1.807) is 30.0 Å². The first-order chi connectivity index (χ1) is 11.4. The van der Waals surface area contributed by atoms with E-state index in [9.17, 15) is 13.2 Å². The lowest BCUT2D eigenvalue weighted by Crippen LogP contribution is -2.44. The van der Waals surface area contributed by atoms with E-state index in [1.165, 1.54) is 11.4 Å². The summed E-state index contributed by atoms with van der Waals surface area (Å²) >= 11 is 0. The second-order valence-corrected chi connectivity index (χ2v) is 7.93. The lowest BCUT2D eigenvalue weighted by atomic mass is 10.1. The van der Waals surface area contributed by atoms with Gasteiger partial charge in [-0.1, -0.05) is 13.0 Å². The molecule has 0 aromatic heterocycles. The third kappa shape index (κ3) is 4.08. The summed E-state index contributed by atoms with van der Waals surface area (Å²) in [7, 11) is -2.35. The largest absolute Gasteiger partial charge is 0.495 e. The van der Waals surface area contributed by atoms with Gasteiger partial charge in [-0.25, -0.2) is 8.42 Å². The summed E-state index contributed by atoms with van der Waals surface area (Å²) in [6, 6.07) is 5.03. The molecule has 7 heteroatoms. The van der Waals surface area contributed by atoms with E-state index in [4.69, 9.17) is 4.74 Å². The van der Waals surface area contributed by atoms with E-state index in [1.807, 2.05) is 6.92 Å². The number of likely N-dealkylation sites (N-methyl/N-ethyl adjacent to an activating group) is 1. The van der Waals surface area contributed by atoms with Crippen LogP contribution < -0.4 is 4.74 Å². The Balaban J connectivity index is 2.25. The number of piperidine rings is 1. The normalized spacial score (nSPS) is 15.6. The van der Waals surface area contributed by atoms with Crippen LogP contribution in [-0.4, -0.2) is 56.8 Å². The molecule has 0 aliphatic carbocycles. The maximum Gasteiger partial charge on any atom is 0.247 e. The van der Waals surface area contributed by atoms with E-state index in [-0.39, 0.29) is 23.9 Å². The molecule has 0 spiro atoms. The second-order valence-electron chi connectivity index (χ2n) is 6.03. The van der Waals surface area contributed by atoms with Crippen molar-refractivity contribution >= 4 is 15.9 Å². The molecule has 0 saturated carbocycles. The van der Waals surface area contributed by atoms with Gasteiger partial charge < -0.3 is 9.64 Å². The summed E-state index contributed by atoms with van der Waals surface area (Å²) in [4.78, 5) is 14.3. The molecule has 0 N–H and O–H groups in total. The standard InChI is InChI=1S/C17H26N2O4S/c1-4-19(13-17(20)18-10-6-5-7-11-18)24(21,22)16-12-14(2)8-9-15(16)23-3/h8-9,12H,4-7,10-11,13H2,1-3H3. The third-order valence-electron chi connectivity index (χ3n) is 4.31. The second kappa shape index (κ2) is 7.98. The van der Waals surface area contributed by atoms with Crippen LogP contribution >= 0.6 is 0 Å². The van der Waals surface area contributed by atoms with Crippen LogP contribution in [0.4, 0.5) is 0 Å². The zero-order valence-electron chi connectivity index (χ0n) is 14.6. The third-order valence-corrected chi connectivity index (χ3v) is 6.25. The van der Waals surface area contributed by atoms with Crippen molar-refractivity contribution in [2.75, 3.05) is 33.3 Å². The molecule has 1 amide bonds. The van der Waals surface area contributed by atoms with E-state index < -0.39 is 10.0 Å². The lowest BCUT2D eigenvalue weighted by Gasteiger charge is -2.29. The van der Waals surface area contributed by atoms with Gasteiger partial charge in [-0.15, -0.1) is 0 Å². The summed E-state index contributed by atoms with van der Waals surface area (Å²) in [5.74, 6) is 0.163. The SMILES string of the molecule is CCN(CC(=O)N1CCCCC1)S(=O)(=O)c1cc(C)ccc1OC. The van der Waals surface area contributed by atoms with Crippen LogP contribution in [0.15, 0.2) is 23.1 Å². The zero-order valence-corrected chi connectivity index (χ0v) is 15.4. The van der Waals surface area contributed by atoms with Gasteiger partial charge in [0.25, 0.3) is 0 Å². The van der Waals surface area contributed by atoms with Crippen LogP contribution in [0.2, 0.25) is 0 Å². The van der Waals surface area contributed by atoms with Crippen LogP contribution in [0.1, 0.15) is 31.7 Å². The molecule has 1 fully saturated rings. The number of likely N-dealkylation sites (tertiary alicyclic amines) is 1. The number of nitrogens with zero attached hydrogens (tertiary/aromatic N) is 2. The number of carbonyl (C=O) groups is 1. The van der Waals surface area contributed by atoms with E-state index in [2.05, 4.69) is 0 Å². The average Bonchev–Trinajstić information content (AvgIpc) is 2.59. The van der Waals surface area contributed by atoms with E-state index in [0.29, 0.717) is 18.8 Å². The number of aryl methyl sites for hydroxylation is 1. The molecule has 0 atom stereocenters. The smallest absolute Gasteiger partial charge is 0.247 e. The quantitative estimate of drug-likeness (QED) is 0.784. The fourth-order valence-electron chi connectivity index (χ4n) is 2.89. The fourth-order valence-corrected chi connectivity index (χ4v) is 4.52. The highest BCUT2D eigenvalue weighted by Crippen LogP contribution is 2.27. The van der Waals surface area contributed by atoms with Crippen LogP contribution in [0.25, 0.3) is 0 Å². The van der Waals surface area contributed by atoms with Gasteiger partial charge in [0.15, 0.2) is 0 Å². The Kier molecular flexibility index (Phi) is 6.23. The number of carbonyl (C=O) groups excluding carboxylic acids is 1. The number of ether oxygens (including phenoxy) is 1. The number of rotatable bonds is 6. The van der Waals surface area contributed by atoms with Crippen LogP contribution in [0.5, 0.6) is 5.75 Å². The Bertz CT molecular complexity index is 682. The molecule has 134 valence electrons. The monoisotopic (exact) mass is 354 g/mol. The molecular weight excluding hydrogens is 328 g/mol. The maximum atomic E-state index is 13.0. The van der Waals surface area contributed by atoms with Crippen LogP contribution in [0, 0.1) is 6.92 Å². The minimum atomic E-state index is -3.79. The van der Waals surface area contributed by atoms with Gasteiger partial charge >= 0.3 is 0 Å². The molecule has 6 nitrogen and oxygen atoms in total. The first kappa shape index (κ1) is 18.7. The van der Waals surface area contributed by atoms with Crippen molar-refractivity contribution in [3.05, 3.63) is 23.8 Å². The van der Waals surface area contributed by atoms with Gasteiger partial charge in [0.2, 0.25) is 15.9 Å². The van der Waals surface area contributed by atoms with Crippen molar-refractivity contribution < 1.29 is 17.9 Å².